The fourth-order valence-electron chi connectivity index (χ4n) is 3.86. The first-order valence-corrected chi connectivity index (χ1v) is 12.5. The first kappa shape index (κ1) is 27.1. The summed E-state index contributed by atoms with van der Waals surface area (Å²) in [5, 5.41) is 8.61. The fourth-order valence-corrected chi connectivity index (χ4v) is 4.53. The molecule has 0 heterocycles. The van der Waals surface area contributed by atoms with E-state index in [1.807, 2.05) is 67.6 Å². The number of nitrogens with zero attached hydrogens (tertiary/aromatic N) is 2. The zero-order chi connectivity index (χ0) is 26.2. The van der Waals surface area contributed by atoms with E-state index in [4.69, 9.17) is 5.21 Å². The third kappa shape index (κ3) is 7.00. The Balaban J connectivity index is 1.80. The number of likely N-dealkylation sites (N-methyl/N-ethyl adjacent to an activating group) is 1. The highest BCUT2D eigenvalue weighted by atomic mass is 32.2. The number of hydroxylamine groups is 1. The third-order valence-electron chi connectivity index (χ3n) is 5.89. The van der Waals surface area contributed by atoms with Crippen LogP contribution < -0.4 is 9.79 Å². The molecule has 2 amide bonds. The molecule has 0 radical (unpaired) electrons. The summed E-state index contributed by atoms with van der Waals surface area (Å²) < 4.78 is 25.6. The number of hydrogen-bond acceptors (Lipinski definition) is 5. The molecule has 8 nitrogen and oxygen atoms in total. The third-order valence-corrected chi connectivity index (χ3v) is 6.68. The number of aryl methyl sites for hydroxylation is 2. The lowest BCUT2D eigenvalue weighted by molar-refractivity contribution is -0.130. The molecule has 190 valence electrons. The summed E-state index contributed by atoms with van der Waals surface area (Å²) in [5.41, 5.74) is 6.81. The van der Waals surface area contributed by atoms with Crippen LogP contribution in [-0.2, 0) is 33.7 Å². The second-order valence-corrected chi connectivity index (χ2v) is 9.59. The van der Waals surface area contributed by atoms with E-state index < -0.39 is 23.2 Å². The highest BCUT2D eigenvalue weighted by Gasteiger charge is 2.29. The van der Waals surface area contributed by atoms with Crippen LogP contribution in [0.1, 0.15) is 23.1 Å². The zero-order valence-corrected chi connectivity index (χ0v) is 21.3. The summed E-state index contributed by atoms with van der Waals surface area (Å²) in [6.07, 6.45) is 0.932. The average Bonchev–Trinajstić information content (AvgIpc) is 2.88. The minimum Gasteiger partial charge on any atom is -0.755 e. The zero-order valence-electron chi connectivity index (χ0n) is 20.5. The van der Waals surface area contributed by atoms with Gasteiger partial charge >= 0.3 is 0 Å². The van der Waals surface area contributed by atoms with Gasteiger partial charge in [-0.25, -0.2) is 5.48 Å². The van der Waals surface area contributed by atoms with Gasteiger partial charge in [0.25, 0.3) is 0 Å². The van der Waals surface area contributed by atoms with Crippen molar-refractivity contribution in [2.45, 2.75) is 32.2 Å². The molecule has 3 rings (SSSR count). The number of hydrogen-bond donors (Lipinski definition) is 2. The molecule has 0 fully saturated rings. The SMILES string of the molecule is Cc1ccc(N(C(Cc2ccc(-c3ccc(CCC(=O)NO)cc3)cc2)C(=O)N(C)C)S(=O)[O-])cc1. The minimum atomic E-state index is -2.65. The van der Waals surface area contributed by atoms with E-state index in [-0.39, 0.29) is 18.7 Å². The Morgan fingerprint density at radius 3 is 1.92 bits per heavy atom. The summed E-state index contributed by atoms with van der Waals surface area (Å²) in [6.45, 7) is 1.91. The summed E-state index contributed by atoms with van der Waals surface area (Å²) in [4.78, 5) is 25.7. The van der Waals surface area contributed by atoms with E-state index >= 15 is 0 Å². The van der Waals surface area contributed by atoms with Gasteiger partial charge < -0.3 is 9.45 Å². The number of benzene rings is 3. The summed E-state index contributed by atoms with van der Waals surface area (Å²) >= 11 is -2.65. The fraction of sp³-hybridized carbons (Fsp3) is 0.259. The van der Waals surface area contributed by atoms with Gasteiger partial charge in [-0.05, 0) is 47.7 Å². The number of carbonyl (C=O) groups excluding carboxylic acids is 2. The summed E-state index contributed by atoms with van der Waals surface area (Å²) in [5.74, 6) is -0.739. The van der Waals surface area contributed by atoms with Crippen molar-refractivity contribution in [1.29, 1.82) is 0 Å². The van der Waals surface area contributed by atoms with Crippen molar-refractivity contribution < 1.29 is 23.6 Å². The molecular weight excluding hydrogens is 478 g/mol. The van der Waals surface area contributed by atoms with Crippen LogP contribution in [0.3, 0.4) is 0 Å². The Hall–Kier alpha value is -3.53. The molecule has 0 aromatic heterocycles. The molecule has 0 aliphatic rings. The molecule has 2 N–H and O–H groups in total. The van der Waals surface area contributed by atoms with Crippen LogP contribution in [0.2, 0.25) is 0 Å². The molecule has 3 aromatic carbocycles. The maximum Gasteiger partial charge on any atom is 0.246 e. The highest BCUT2D eigenvalue weighted by molar-refractivity contribution is 7.80. The second kappa shape index (κ2) is 12.4. The van der Waals surface area contributed by atoms with Crippen molar-refractivity contribution in [3.8, 4) is 11.1 Å². The van der Waals surface area contributed by atoms with Gasteiger partial charge in [-0.2, -0.15) is 0 Å². The van der Waals surface area contributed by atoms with Crippen molar-refractivity contribution >= 4 is 28.8 Å². The van der Waals surface area contributed by atoms with E-state index in [1.54, 1.807) is 31.7 Å². The Labute approximate surface area is 213 Å². The number of carbonyl (C=O) groups is 2. The van der Waals surface area contributed by atoms with Crippen LogP contribution >= 0.6 is 0 Å². The highest BCUT2D eigenvalue weighted by Crippen LogP contribution is 2.25. The topological polar surface area (TPSA) is 113 Å². The lowest BCUT2D eigenvalue weighted by Gasteiger charge is -2.35. The molecule has 36 heavy (non-hydrogen) atoms. The smallest absolute Gasteiger partial charge is 0.246 e. The predicted octanol–water partition coefficient (Wildman–Crippen LogP) is 3.40. The predicted molar refractivity (Wildman–Crippen MR) is 139 cm³/mol. The standard InChI is InChI=1S/C27H31N3O5S/c1-19-4-15-24(16-5-19)30(36(34)35)25(27(32)29(2)3)18-21-8-13-23(14-9-21)22-11-6-20(7-12-22)10-17-26(31)28-33/h4-9,11-16,25,33H,10,17-18H2,1-3H3,(H,28,31)(H,34,35)/p-1. The van der Waals surface area contributed by atoms with Crippen LogP contribution in [0.5, 0.6) is 0 Å². The maximum atomic E-state index is 13.0. The van der Waals surface area contributed by atoms with Gasteiger partial charge in [-0.3, -0.25) is 23.3 Å². The van der Waals surface area contributed by atoms with Crippen molar-refractivity contribution in [3.05, 3.63) is 89.5 Å². The summed E-state index contributed by atoms with van der Waals surface area (Å²) in [6, 6.07) is 21.5. The number of amides is 2. The Bertz CT molecular complexity index is 1200. The molecule has 0 saturated heterocycles. The molecule has 0 spiro atoms. The molecule has 2 atom stereocenters. The molecule has 2 unspecified atom stereocenters. The number of nitrogens with one attached hydrogen (secondary N) is 1. The first-order valence-electron chi connectivity index (χ1n) is 11.5. The Morgan fingerprint density at radius 2 is 1.44 bits per heavy atom. The molecule has 3 aromatic rings. The van der Waals surface area contributed by atoms with E-state index in [9.17, 15) is 18.4 Å². The van der Waals surface area contributed by atoms with Gasteiger partial charge in [0.1, 0.15) is 6.04 Å². The van der Waals surface area contributed by atoms with Gasteiger partial charge in [0.15, 0.2) is 0 Å². The van der Waals surface area contributed by atoms with Crippen LogP contribution in [0.15, 0.2) is 72.8 Å². The average molecular weight is 509 g/mol. The Morgan fingerprint density at radius 1 is 0.917 bits per heavy atom. The number of anilines is 1. The molecule has 9 heteroatoms. The first-order chi connectivity index (χ1) is 17.2. The van der Waals surface area contributed by atoms with Gasteiger partial charge in [-0.1, -0.05) is 66.2 Å². The van der Waals surface area contributed by atoms with Gasteiger partial charge in [0, 0.05) is 43.9 Å². The van der Waals surface area contributed by atoms with Gasteiger partial charge in [0.2, 0.25) is 11.8 Å². The number of rotatable bonds is 10. The van der Waals surface area contributed by atoms with E-state index in [1.165, 1.54) is 4.90 Å². The van der Waals surface area contributed by atoms with E-state index in [0.29, 0.717) is 12.1 Å². The summed E-state index contributed by atoms with van der Waals surface area (Å²) in [7, 11) is 3.22. The quantitative estimate of drug-likeness (QED) is 0.248. The Kier molecular flexibility index (Phi) is 9.35. The van der Waals surface area contributed by atoms with Gasteiger partial charge in [0.05, 0.1) is 0 Å². The van der Waals surface area contributed by atoms with Crippen molar-refractivity contribution in [2.24, 2.45) is 0 Å². The van der Waals surface area contributed by atoms with Crippen molar-refractivity contribution in [2.75, 3.05) is 18.4 Å². The van der Waals surface area contributed by atoms with E-state index in [0.717, 1.165) is 32.1 Å². The van der Waals surface area contributed by atoms with Crippen LogP contribution in [0, 0.1) is 6.92 Å². The second-order valence-electron chi connectivity index (χ2n) is 8.76. The lowest BCUT2D eigenvalue weighted by Crippen LogP contribution is -2.48. The normalized spacial score (nSPS) is 12.5. The molecule has 0 saturated carbocycles. The van der Waals surface area contributed by atoms with E-state index in [2.05, 4.69) is 0 Å². The van der Waals surface area contributed by atoms with Crippen molar-refractivity contribution in [1.82, 2.24) is 10.4 Å². The lowest BCUT2D eigenvalue weighted by atomic mass is 9.98. The van der Waals surface area contributed by atoms with Crippen LogP contribution in [-0.4, -0.2) is 50.8 Å². The molecule has 0 bridgehead atoms. The van der Waals surface area contributed by atoms with Crippen LogP contribution in [0.4, 0.5) is 5.69 Å². The monoisotopic (exact) mass is 508 g/mol. The maximum absolute atomic E-state index is 13.0. The van der Waals surface area contributed by atoms with Gasteiger partial charge in [-0.15, -0.1) is 0 Å². The minimum absolute atomic E-state index is 0.200. The largest absolute Gasteiger partial charge is 0.755 e. The van der Waals surface area contributed by atoms with Crippen LogP contribution in [0.25, 0.3) is 11.1 Å². The molecular formula is C27H30N3O5S-. The molecule has 0 aliphatic carbocycles. The van der Waals surface area contributed by atoms with Crippen molar-refractivity contribution in [3.63, 3.8) is 0 Å². The molecule has 0 aliphatic heterocycles.